The predicted octanol–water partition coefficient (Wildman–Crippen LogP) is 12.5. The van der Waals surface area contributed by atoms with Crippen LogP contribution in [0.5, 0.6) is 0 Å². The van der Waals surface area contributed by atoms with E-state index in [4.69, 9.17) is 0 Å². The van der Waals surface area contributed by atoms with Gasteiger partial charge in [0.05, 0.1) is 11.4 Å². The van der Waals surface area contributed by atoms with Crippen LogP contribution in [0.3, 0.4) is 0 Å². The van der Waals surface area contributed by atoms with E-state index in [2.05, 4.69) is 221 Å². The summed E-state index contributed by atoms with van der Waals surface area (Å²) in [6.45, 7) is 0.0677. The Balaban J connectivity index is 1.18. The van der Waals surface area contributed by atoms with Crippen molar-refractivity contribution in [3.8, 4) is 11.1 Å². The molecular formula is C52H34BN3S. The van der Waals surface area contributed by atoms with Gasteiger partial charge in [-0.2, -0.15) is 0 Å². The number of hydrogen-bond acceptors (Lipinski definition) is 4. The highest BCUT2D eigenvalue weighted by Crippen LogP contribution is 2.57. The SMILES string of the molecule is c1ccc(N2c3ccccc3B3c4ccccc4N(c4ccccc4)c4c5c(cc2c43)-c2ccc(N(c3ccccc3)c3ccccc3)c3cccc(c23)S5)cc1. The average Bonchev–Trinajstić information content (AvgIpc) is 3.28. The van der Waals surface area contributed by atoms with E-state index in [1.807, 2.05) is 11.8 Å². The zero-order valence-corrected chi connectivity index (χ0v) is 31.8. The van der Waals surface area contributed by atoms with Gasteiger partial charge in [0.2, 0.25) is 0 Å². The average molecular weight is 744 g/mol. The minimum atomic E-state index is 0.0677. The van der Waals surface area contributed by atoms with E-state index in [0.717, 1.165) is 28.4 Å². The summed E-state index contributed by atoms with van der Waals surface area (Å²) in [7, 11) is 0. The van der Waals surface area contributed by atoms with Crippen molar-refractivity contribution in [2.24, 2.45) is 0 Å². The second kappa shape index (κ2) is 12.8. The van der Waals surface area contributed by atoms with E-state index >= 15 is 0 Å². The summed E-state index contributed by atoms with van der Waals surface area (Å²) in [6.07, 6.45) is 0. The Bertz CT molecular complexity index is 2960. The lowest BCUT2D eigenvalue weighted by molar-refractivity contribution is 1.21. The molecule has 266 valence electrons. The molecule has 9 aromatic rings. The molecule has 0 aliphatic carbocycles. The first-order valence-electron chi connectivity index (χ1n) is 19.6. The summed E-state index contributed by atoms with van der Waals surface area (Å²) in [5, 5.41) is 2.52. The molecule has 0 fully saturated rings. The fourth-order valence-electron chi connectivity index (χ4n) is 9.50. The zero-order valence-electron chi connectivity index (χ0n) is 31.0. The van der Waals surface area contributed by atoms with Gasteiger partial charge >= 0.3 is 0 Å². The number of nitrogens with zero attached hydrogens (tertiary/aromatic N) is 3. The highest BCUT2D eigenvalue weighted by molar-refractivity contribution is 8.00. The molecule has 0 saturated carbocycles. The molecule has 0 aromatic heterocycles. The first kappa shape index (κ1) is 32.3. The van der Waals surface area contributed by atoms with Crippen molar-refractivity contribution in [1.29, 1.82) is 0 Å². The maximum atomic E-state index is 2.54. The summed E-state index contributed by atoms with van der Waals surface area (Å²) in [5.74, 6) is 0. The summed E-state index contributed by atoms with van der Waals surface area (Å²) < 4.78 is 0. The molecule has 0 atom stereocenters. The van der Waals surface area contributed by atoms with Crippen molar-refractivity contribution in [3.05, 3.63) is 206 Å². The van der Waals surface area contributed by atoms with Crippen molar-refractivity contribution in [2.75, 3.05) is 14.7 Å². The van der Waals surface area contributed by atoms with Crippen LogP contribution in [-0.2, 0) is 0 Å². The summed E-state index contributed by atoms with van der Waals surface area (Å²) in [5.41, 5.74) is 17.2. The molecule has 0 saturated heterocycles. The van der Waals surface area contributed by atoms with Gasteiger partial charge < -0.3 is 14.7 Å². The molecular weight excluding hydrogens is 709 g/mol. The Morgan fingerprint density at radius 1 is 0.439 bits per heavy atom. The second-order valence-corrected chi connectivity index (χ2v) is 15.9. The van der Waals surface area contributed by atoms with Crippen LogP contribution < -0.4 is 31.1 Å². The Morgan fingerprint density at radius 3 is 1.61 bits per heavy atom. The van der Waals surface area contributed by atoms with E-state index in [-0.39, 0.29) is 6.71 Å². The topological polar surface area (TPSA) is 9.72 Å². The lowest BCUT2D eigenvalue weighted by atomic mass is 9.33. The molecule has 0 amide bonds. The number of benzene rings is 9. The number of fused-ring (bicyclic) bond motifs is 7. The number of rotatable bonds is 5. The van der Waals surface area contributed by atoms with E-state index in [9.17, 15) is 0 Å². The molecule has 0 unspecified atom stereocenters. The van der Waals surface area contributed by atoms with Crippen LogP contribution in [-0.4, -0.2) is 6.71 Å². The Morgan fingerprint density at radius 2 is 0.982 bits per heavy atom. The van der Waals surface area contributed by atoms with E-state index in [1.54, 1.807) is 0 Å². The molecule has 0 N–H and O–H groups in total. The summed E-state index contributed by atoms with van der Waals surface area (Å²) >= 11 is 1.92. The van der Waals surface area contributed by atoms with Gasteiger partial charge in [0.25, 0.3) is 6.71 Å². The molecule has 0 radical (unpaired) electrons. The van der Waals surface area contributed by atoms with E-state index in [1.165, 1.54) is 70.8 Å². The molecule has 3 nitrogen and oxygen atoms in total. The summed E-state index contributed by atoms with van der Waals surface area (Å²) in [6, 6.07) is 75.5. The van der Waals surface area contributed by atoms with Crippen LogP contribution in [0.4, 0.5) is 51.2 Å². The molecule has 3 aliphatic rings. The van der Waals surface area contributed by atoms with Crippen LogP contribution in [0.25, 0.3) is 21.9 Å². The highest BCUT2D eigenvalue weighted by atomic mass is 32.2. The van der Waals surface area contributed by atoms with Gasteiger partial charge in [0.15, 0.2) is 0 Å². The van der Waals surface area contributed by atoms with E-state index < -0.39 is 0 Å². The molecule has 9 aromatic carbocycles. The van der Waals surface area contributed by atoms with Crippen LogP contribution in [0, 0.1) is 0 Å². The van der Waals surface area contributed by atoms with Crippen LogP contribution in [0.1, 0.15) is 0 Å². The minimum absolute atomic E-state index is 0.0677. The third-order valence-corrected chi connectivity index (χ3v) is 13.0. The van der Waals surface area contributed by atoms with Crippen LogP contribution >= 0.6 is 11.8 Å². The lowest BCUT2D eigenvalue weighted by Crippen LogP contribution is -2.61. The fourth-order valence-corrected chi connectivity index (χ4v) is 10.8. The van der Waals surface area contributed by atoms with Gasteiger partial charge in [-0.15, -0.1) is 0 Å². The first-order chi connectivity index (χ1) is 28.3. The molecule has 5 heteroatoms. The van der Waals surface area contributed by atoms with Crippen LogP contribution in [0.15, 0.2) is 216 Å². The van der Waals surface area contributed by atoms with E-state index in [0.29, 0.717) is 0 Å². The number of anilines is 9. The smallest absolute Gasteiger partial charge is 0.252 e. The lowest BCUT2D eigenvalue weighted by Gasteiger charge is -2.45. The van der Waals surface area contributed by atoms with Gasteiger partial charge in [-0.05, 0) is 101 Å². The number of hydrogen-bond donors (Lipinski definition) is 0. The molecule has 3 heterocycles. The van der Waals surface area contributed by atoms with Gasteiger partial charge in [0, 0.05) is 65.9 Å². The predicted molar refractivity (Wildman–Crippen MR) is 242 cm³/mol. The molecule has 0 bridgehead atoms. The molecule has 0 spiro atoms. The quantitative estimate of drug-likeness (QED) is 0.162. The Kier molecular flexibility index (Phi) is 7.26. The number of para-hydroxylation sites is 6. The van der Waals surface area contributed by atoms with Crippen molar-refractivity contribution >= 4 is 96.8 Å². The molecule has 12 rings (SSSR count). The van der Waals surface area contributed by atoms with Gasteiger partial charge in [0.1, 0.15) is 0 Å². The van der Waals surface area contributed by atoms with Gasteiger partial charge in [-0.3, -0.25) is 0 Å². The standard InChI is InChI=1S/C52H34BN3S/c1-5-18-35(19-6-1)54(36-20-7-2-8-21-36)44-33-32-39-41-34-47-50-51(52(41)57-48-31-17-26-40(44)49(39)48)56(38-24-11-4-12-25-38)46-30-16-14-28-43(46)53(50)42-27-13-15-29-45(42)55(47)37-22-9-3-10-23-37/h1-34H. The third-order valence-electron chi connectivity index (χ3n) is 11.8. The normalized spacial score (nSPS) is 13.1. The monoisotopic (exact) mass is 743 g/mol. The van der Waals surface area contributed by atoms with Gasteiger partial charge in [-0.25, -0.2) is 0 Å². The minimum Gasteiger partial charge on any atom is -0.311 e. The Labute approximate surface area is 337 Å². The summed E-state index contributed by atoms with van der Waals surface area (Å²) in [4.78, 5) is 10.0. The van der Waals surface area contributed by atoms with Crippen LogP contribution in [0.2, 0.25) is 0 Å². The highest BCUT2D eigenvalue weighted by Gasteiger charge is 2.45. The maximum Gasteiger partial charge on any atom is 0.252 e. The maximum absolute atomic E-state index is 2.54. The Hall–Kier alpha value is -6.95. The fraction of sp³-hybridized carbons (Fsp3) is 0. The van der Waals surface area contributed by atoms with Crippen molar-refractivity contribution in [2.45, 2.75) is 9.79 Å². The van der Waals surface area contributed by atoms with Crippen molar-refractivity contribution in [1.82, 2.24) is 0 Å². The van der Waals surface area contributed by atoms with Crippen molar-refractivity contribution in [3.63, 3.8) is 0 Å². The molecule has 3 aliphatic heterocycles. The second-order valence-electron chi connectivity index (χ2n) is 14.8. The third kappa shape index (κ3) is 4.82. The van der Waals surface area contributed by atoms with Crippen molar-refractivity contribution < 1.29 is 0 Å². The zero-order chi connectivity index (χ0) is 37.5. The van der Waals surface area contributed by atoms with Gasteiger partial charge in [-0.1, -0.05) is 139 Å². The largest absolute Gasteiger partial charge is 0.311 e. The molecule has 57 heavy (non-hydrogen) atoms. The first-order valence-corrected chi connectivity index (χ1v) is 20.4.